The number of ether oxygens (including phenoxy) is 1. The van der Waals surface area contributed by atoms with Gasteiger partial charge in [0.15, 0.2) is 5.82 Å². The predicted octanol–water partition coefficient (Wildman–Crippen LogP) is 3.46. The lowest BCUT2D eigenvalue weighted by Crippen LogP contribution is -2.67. The number of amides is 1. The van der Waals surface area contributed by atoms with Gasteiger partial charge < -0.3 is 14.2 Å². The van der Waals surface area contributed by atoms with Crippen molar-refractivity contribution in [1.29, 1.82) is 0 Å². The Balaban J connectivity index is 1.46. The largest absolute Gasteiger partial charge is 0.444 e. The molecule has 1 aromatic carbocycles. The lowest BCUT2D eigenvalue weighted by Gasteiger charge is -2.56. The number of carbonyl (C=O) groups is 1. The molecule has 0 saturated carbocycles. The van der Waals surface area contributed by atoms with Crippen LogP contribution in [-0.2, 0) is 18.3 Å². The van der Waals surface area contributed by atoms with Gasteiger partial charge in [-0.1, -0.05) is 30.3 Å². The minimum atomic E-state index is -0.465. The molecule has 29 heavy (non-hydrogen) atoms. The molecule has 0 N–H and O–H groups in total. The average molecular weight is 398 g/mol. The molecule has 2 aromatic rings. The van der Waals surface area contributed by atoms with E-state index in [-0.39, 0.29) is 11.6 Å². The van der Waals surface area contributed by atoms with E-state index in [2.05, 4.69) is 31.8 Å². The fourth-order valence-corrected chi connectivity index (χ4v) is 4.40. The molecule has 1 spiro atoms. The smallest absolute Gasteiger partial charge is 0.410 e. The van der Waals surface area contributed by atoms with Crippen LogP contribution in [0.5, 0.6) is 0 Å². The van der Waals surface area contributed by atoms with E-state index < -0.39 is 5.60 Å². The fourth-order valence-electron chi connectivity index (χ4n) is 4.40. The van der Waals surface area contributed by atoms with Crippen LogP contribution in [0.15, 0.2) is 30.3 Å². The second kappa shape index (κ2) is 7.44. The Morgan fingerprint density at radius 2 is 1.90 bits per heavy atom. The zero-order valence-electron chi connectivity index (χ0n) is 17.9. The van der Waals surface area contributed by atoms with Crippen LogP contribution in [0.3, 0.4) is 0 Å². The number of nitrogens with zero attached hydrogens (tertiary/aromatic N) is 5. The summed E-state index contributed by atoms with van der Waals surface area (Å²) in [5.41, 5.74) is 0.641. The second-order valence-electron chi connectivity index (χ2n) is 9.27. The third kappa shape index (κ3) is 4.01. The minimum Gasteiger partial charge on any atom is -0.444 e. The molecule has 1 amide bonds. The van der Waals surface area contributed by atoms with E-state index in [4.69, 9.17) is 4.74 Å². The zero-order valence-corrected chi connectivity index (χ0v) is 17.9. The number of likely N-dealkylation sites (tertiary alicyclic amines) is 2. The van der Waals surface area contributed by atoms with E-state index in [9.17, 15) is 4.79 Å². The second-order valence-corrected chi connectivity index (χ2v) is 9.27. The molecule has 7 nitrogen and oxygen atoms in total. The molecule has 0 unspecified atom stereocenters. The minimum absolute atomic E-state index is 0.0357. The molecule has 7 heteroatoms. The topological polar surface area (TPSA) is 63.5 Å². The highest BCUT2D eigenvalue weighted by atomic mass is 16.6. The van der Waals surface area contributed by atoms with Gasteiger partial charge in [0.25, 0.3) is 0 Å². The number of hydrogen-bond acceptors (Lipinski definition) is 5. The van der Waals surface area contributed by atoms with Crippen molar-refractivity contribution in [3.8, 4) is 11.4 Å². The van der Waals surface area contributed by atoms with Crippen molar-refractivity contribution >= 4 is 6.09 Å². The first-order valence-electron chi connectivity index (χ1n) is 10.4. The van der Waals surface area contributed by atoms with Gasteiger partial charge >= 0.3 is 6.09 Å². The molecule has 156 valence electrons. The molecular formula is C22H31N5O2. The maximum absolute atomic E-state index is 12.6. The summed E-state index contributed by atoms with van der Waals surface area (Å²) in [5, 5.41) is 8.88. The van der Waals surface area contributed by atoms with Gasteiger partial charge in [0.1, 0.15) is 11.4 Å². The molecule has 2 aliphatic rings. The highest BCUT2D eigenvalue weighted by molar-refractivity contribution is 5.68. The molecule has 0 aliphatic carbocycles. The van der Waals surface area contributed by atoms with Crippen LogP contribution < -0.4 is 0 Å². The monoisotopic (exact) mass is 397 g/mol. The summed E-state index contributed by atoms with van der Waals surface area (Å²) in [6, 6.07) is 10.1. The summed E-state index contributed by atoms with van der Waals surface area (Å²) in [6.07, 6.45) is 3.02. The highest BCUT2D eigenvalue weighted by Crippen LogP contribution is 2.40. The summed E-state index contributed by atoms with van der Waals surface area (Å²) in [6.45, 7) is 9.02. The van der Waals surface area contributed by atoms with Crippen molar-refractivity contribution in [2.24, 2.45) is 7.05 Å². The van der Waals surface area contributed by atoms with Crippen molar-refractivity contribution < 1.29 is 9.53 Å². The summed E-state index contributed by atoms with van der Waals surface area (Å²) in [4.78, 5) is 16.9. The van der Waals surface area contributed by atoms with E-state index in [0.29, 0.717) is 0 Å². The molecular weight excluding hydrogens is 366 g/mol. The molecule has 3 heterocycles. The average Bonchev–Trinajstić information content (AvgIpc) is 3.05. The van der Waals surface area contributed by atoms with Crippen molar-refractivity contribution in [3.05, 3.63) is 36.2 Å². The highest BCUT2D eigenvalue weighted by Gasteiger charge is 2.48. The third-order valence-electron chi connectivity index (χ3n) is 6.05. The SMILES string of the molecule is Cn1c(CN2CC[C@]23CCCN(C(=O)OC(C)(C)C)C3)nnc1-c1ccccc1. The van der Waals surface area contributed by atoms with Crippen LogP contribution in [0.1, 0.15) is 45.9 Å². The number of rotatable bonds is 3. The Bertz CT molecular complexity index is 873. The van der Waals surface area contributed by atoms with Crippen LogP contribution in [-0.4, -0.2) is 61.4 Å². The number of hydrogen-bond donors (Lipinski definition) is 0. The molecule has 2 aliphatic heterocycles. The van der Waals surface area contributed by atoms with Gasteiger partial charge in [0.2, 0.25) is 0 Å². The maximum atomic E-state index is 12.6. The Morgan fingerprint density at radius 3 is 2.55 bits per heavy atom. The summed E-state index contributed by atoms with van der Waals surface area (Å²) < 4.78 is 7.69. The van der Waals surface area contributed by atoms with Gasteiger partial charge in [-0.2, -0.15) is 0 Å². The van der Waals surface area contributed by atoms with Crippen molar-refractivity contribution in [2.45, 2.75) is 57.7 Å². The van der Waals surface area contributed by atoms with Crippen LogP contribution in [0, 0.1) is 0 Å². The Kier molecular flexibility index (Phi) is 5.11. The Morgan fingerprint density at radius 1 is 1.14 bits per heavy atom. The van der Waals surface area contributed by atoms with Gasteiger partial charge in [-0.15, -0.1) is 10.2 Å². The van der Waals surface area contributed by atoms with Crippen molar-refractivity contribution in [1.82, 2.24) is 24.6 Å². The molecule has 0 radical (unpaired) electrons. The van der Waals surface area contributed by atoms with Crippen LogP contribution in [0.4, 0.5) is 4.79 Å². The van der Waals surface area contributed by atoms with Gasteiger partial charge in [-0.3, -0.25) is 4.90 Å². The van der Waals surface area contributed by atoms with Gasteiger partial charge in [-0.05, 0) is 40.0 Å². The van der Waals surface area contributed by atoms with E-state index in [1.807, 2.05) is 50.9 Å². The normalized spacial score (nSPS) is 22.6. The van der Waals surface area contributed by atoms with Crippen LogP contribution >= 0.6 is 0 Å². The van der Waals surface area contributed by atoms with E-state index in [1.165, 1.54) is 0 Å². The van der Waals surface area contributed by atoms with Crippen LogP contribution in [0.2, 0.25) is 0 Å². The quantitative estimate of drug-likeness (QED) is 0.794. The lowest BCUT2D eigenvalue weighted by atomic mass is 9.77. The Labute approximate surface area is 172 Å². The van der Waals surface area contributed by atoms with E-state index in [1.54, 1.807) is 0 Å². The molecule has 1 atom stereocenters. The van der Waals surface area contributed by atoms with Crippen LogP contribution in [0.25, 0.3) is 11.4 Å². The van der Waals surface area contributed by atoms with Gasteiger partial charge in [0, 0.05) is 37.8 Å². The molecule has 1 aromatic heterocycles. The van der Waals surface area contributed by atoms with Crippen molar-refractivity contribution in [2.75, 3.05) is 19.6 Å². The summed E-state index contributed by atoms with van der Waals surface area (Å²) in [5.74, 6) is 1.84. The first kappa shape index (κ1) is 19.9. The third-order valence-corrected chi connectivity index (χ3v) is 6.05. The number of carbonyl (C=O) groups excluding carboxylic acids is 1. The van der Waals surface area contributed by atoms with E-state index >= 15 is 0 Å². The lowest BCUT2D eigenvalue weighted by molar-refractivity contribution is -0.0759. The number of benzene rings is 1. The molecule has 0 bridgehead atoms. The standard InChI is InChI=1S/C22H31N5O2/c1-21(2,3)29-20(28)26-13-8-11-22(16-26)12-14-27(22)15-18-23-24-19(25(18)4)17-9-6-5-7-10-17/h5-7,9-10H,8,11-16H2,1-4H3/t22-/m0/s1. The maximum Gasteiger partial charge on any atom is 0.410 e. The summed E-state index contributed by atoms with van der Waals surface area (Å²) in [7, 11) is 2.03. The van der Waals surface area contributed by atoms with E-state index in [0.717, 1.165) is 62.7 Å². The molecule has 2 fully saturated rings. The number of piperidine rings is 1. The first-order chi connectivity index (χ1) is 13.8. The zero-order chi connectivity index (χ0) is 20.6. The molecule has 2 saturated heterocycles. The molecule has 4 rings (SSSR count). The first-order valence-corrected chi connectivity index (χ1v) is 10.4. The predicted molar refractivity (Wildman–Crippen MR) is 111 cm³/mol. The van der Waals surface area contributed by atoms with Crippen molar-refractivity contribution in [3.63, 3.8) is 0 Å². The van der Waals surface area contributed by atoms with Gasteiger partial charge in [0.05, 0.1) is 6.54 Å². The summed E-state index contributed by atoms with van der Waals surface area (Å²) >= 11 is 0. The fraction of sp³-hybridized carbons (Fsp3) is 0.591. The van der Waals surface area contributed by atoms with Gasteiger partial charge in [-0.25, -0.2) is 4.79 Å². The number of aromatic nitrogens is 3. The Hall–Kier alpha value is -2.41.